The zero-order valence-electron chi connectivity index (χ0n) is 58.0. The van der Waals surface area contributed by atoms with Crippen molar-refractivity contribution in [1.29, 1.82) is 0 Å². The van der Waals surface area contributed by atoms with E-state index in [1.54, 1.807) is 0 Å². The second-order valence-electron chi connectivity index (χ2n) is 27.7. The van der Waals surface area contributed by atoms with Gasteiger partial charge in [0.1, 0.15) is 5.58 Å². The summed E-state index contributed by atoms with van der Waals surface area (Å²) < 4.78 is 10.2. The van der Waals surface area contributed by atoms with Gasteiger partial charge in [-0.1, -0.05) is 334 Å². The molecule has 107 heavy (non-hydrogen) atoms. The highest BCUT2D eigenvalue weighted by atomic mass is 16.3. The summed E-state index contributed by atoms with van der Waals surface area (Å²) in [6, 6.07) is 139. The number of anilines is 6. The summed E-state index contributed by atoms with van der Waals surface area (Å²) in [4.78, 5) is 21.4. The maximum atomic E-state index is 7.72. The number of hydrogen-bond acceptors (Lipinski definition) is 6. The van der Waals surface area contributed by atoms with Gasteiger partial charge < -0.3 is 18.8 Å². The number of para-hydroxylation sites is 5. The molecule has 5 heterocycles. The van der Waals surface area contributed by atoms with Gasteiger partial charge in [-0.3, -0.25) is 0 Å². The number of hydrogen-bond donors (Lipinski definition) is 0. The Morgan fingerprint density at radius 1 is 0.243 bits per heavy atom. The predicted molar refractivity (Wildman–Crippen MR) is 444 cm³/mol. The molecule has 2 aliphatic rings. The van der Waals surface area contributed by atoms with Gasteiger partial charge in [0.05, 0.1) is 28.1 Å². The quantitative estimate of drug-likeness (QED) is 0.114. The molecule has 498 valence electrons. The largest absolute Gasteiger partial charge is 0.454 e. The summed E-state index contributed by atoms with van der Waals surface area (Å²) in [5.41, 5.74) is 30.0. The Labute approximate surface area is 619 Å². The summed E-state index contributed by atoms with van der Waals surface area (Å²) in [6.07, 6.45) is 0. The van der Waals surface area contributed by atoms with Crippen LogP contribution < -0.4 is 26.2 Å². The van der Waals surface area contributed by atoms with E-state index in [1.807, 2.05) is 36.4 Å². The minimum Gasteiger partial charge on any atom is -0.454 e. The van der Waals surface area contributed by atoms with Gasteiger partial charge in [-0.2, -0.15) is 0 Å². The normalized spacial score (nSPS) is 12.2. The molecule has 0 bridgehead atoms. The van der Waals surface area contributed by atoms with Crippen molar-refractivity contribution in [3.63, 3.8) is 0 Å². The van der Waals surface area contributed by atoms with Crippen LogP contribution in [0, 0.1) is 0 Å². The van der Waals surface area contributed by atoms with E-state index >= 15 is 0 Å². The molecule has 0 spiro atoms. The molecule has 19 aromatic rings. The molecular weight excluding hydrogens is 1300 g/mol. The number of aromatic nitrogens is 4. The van der Waals surface area contributed by atoms with Gasteiger partial charge in [-0.25, -0.2) is 15.0 Å². The molecule has 3 aromatic heterocycles. The monoisotopic (exact) mass is 1360 g/mol. The molecule has 0 saturated carbocycles. The Balaban J connectivity index is 0.920. The molecule has 16 aromatic carbocycles. The first kappa shape index (κ1) is 61.5. The Bertz CT molecular complexity index is 6400. The molecule has 7 nitrogen and oxygen atoms in total. The lowest BCUT2D eigenvalue weighted by molar-refractivity contribution is 0.669. The molecule has 0 fully saturated rings. The highest BCUT2D eigenvalue weighted by Gasteiger charge is 2.47. The van der Waals surface area contributed by atoms with Crippen LogP contribution in [0.2, 0.25) is 0 Å². The van der Waals surface area contributed by atoms with Gasteiger partial charge in [0.15, 0.2) is 23.1 Å². The lowest BCUT2D eigenvalue weighted by Gasteiger charge is -2.45. The summed E-state index contributed by atoms with van der Waals surface area (Å²) in [5.74, 6) is 1.72. The van der Waals surface area contributed by atoms with Crippen molar-refractivity contribution < 1.29 is 4.42 Å². The van der Waals surface area contributed by atoms with Gasteiger partial charge in [-0.15, -0.1) is 0 Å². The average molecular weight is 1360 g/mol. The van der Waals surface area contributed by atoms with E-state index < -0.39 is 6.71 Å². The van der Waals surface area contributed by atoms with Crippen LogP contribution in [-0.4, -0.2) is 26.2 Å². The molecule has 0 amide bonds. The summed E-state index contributed by atoms with van der Waals surface area (Å²) >= 11 is 0. The lowest BCUT2D eigenvalue weighted by Crippen LogP contribution is -2.61. The van der Waals surface area contributed by atoms with E-state index in [0.717, 1.165) is 173 Å². The van der Waals surface area contributed by atoms with Crippen molar-refractivity contribution in [2.75, 3.05) is 9.80 Å². The maximum Gasteiger partial charge on any atom is 0.252 e. The smallest absolute Gasteiger partial charge is 0.252 e. The van der Waals surface area contributed by atoms with Crippen LogP contribution in [-0.2, 0) is 0 Å². The van der Waals surface area contributed by atoms with Crippen LogP contribution in [0.15, 0.2) is 387 Å². The molecule has 0 aliphatic carbocycles. The van der Waals surface area contributed by atoms with Gasteiger partial charge >= 0.3 is 0 Å². The zero-order valence-corrected chi connectivity index (χ0v) is 58.0. The van der Waals surface area contributed by atoms with Crippen LogP contribution in [0.5, 0.6) is 0 Å². The predicted octanol–water partition coefficient (Wildman–Crippen LogP) is 24.0. The average Bonchev–Trinajstić information content (AvgIpc) is 1.65. The Hall–Kier alpha value is -14.2. The summed E-state index contributed by atoms with van der Waals surface area (Å²) in [7, 11) is 0. The third-order valence-electron chi connectivity index (χ3n) is 21.7. The van der Waals surface area contributed by atoms with Crippen molar-refractivity contribution in [1.82, 2.24) is 19.5 Å². The number of nitrogens with zero attached hydrogens (tertiary/aromatic N) is 6. The van der Waals surface area contributed by atoms with Gasteiger partial charge in [0, 0.05) is 83.2 Å². The number of fused-ring (bicyclic) bond motifs is 11. The Kier molecular flexibility index (Phi) is 14.6. The lowest BCUT2D eigenvalue weighted by atomic mass is 9.33. The highest BCUT2D eigenvalue weighted by Crippen LogP contribution is 2.56. The molecule has 8 heteroatoms. The standard InChI is InChI=1S/C99H63BN6O/c1-7-27-64(28-8-1)66-49-53-70(54-50-66)78-44-26-45-79(71-55-51-67(52-56-71)65-29-9-2-10-30-65)93(78)105-88-60-58-75(104-86-46-22-19-39-80(86)81-40-20-23-47-87(81)104)62-85(88)100-84-59-57-74(99-102-97(72-35-15-5-16-36-72)101-98(103-99)73-37-17-6-18-38-73)61-89(84)106(95-92(100)90(105)63-83-82-41-21-24-48-91(82)107-96(83)95)94-76(68-31-11-3-12-32-68)42-25-43-77(94)69-33-13-4-14-34-69/h1-63H. The number of benzene rings is 16. The van der Waals surface area contributed by atoms with Gasteiger partial charge in [-0.05, 0) is 109 Å². The number of rotatable bonds is 12. The van der Waals surface area contributed by atoms with Crippen molar-refractivity contribution in [2.45, 2.75) is 0 Å². The van der Waals surface area contributed by atoms with Crippen LogP contribution in [0.3, 0.4) is 0 Å². The summed E-state index contributed by atoms with van der Waals surface area (Å²) in [5, 5.41) is 4.39. The van der Waals surface area contributed by atoms with Crippen LogP contribution in [0.4, 0.5) is 34.1 Å². The molecule has 0 N–H and O–H groups in total. The van der Waals surface area contributed by atoms with E-state index in [0.29, 0.717) is 17.5 Å². The summed E-state index contributed by atoms with van der Waals surface area (Å²) in [6.45, 7) is -0.412. The van der Waals surface area contributed by atoms with E-state index in [2.05, 4.69) is 360 Å². The third kappa shape index (κ3) is 10.2. The molecule has 0 radical (unpaired) electrons. The Morgan fingerprint density at radius 2 is 0.636 bits per heavy atom. The SMILES string of the molecule is c1ccc(-c2ccc(-c3cccc(-c4ccc(-c5ccccc5)cc4)c3N3c4ccc(-n5c6ccccc6c6ccccc65)cc4B4c5ccc(-c6nc(-c7ccccc7)nc(-c7ccccc7)n6)cc5N(c5c(-c6ccccc6)cccc5-c5ccccc5)c5c4c3cc3c5oc4ccccc43)cc2)cc1. The van der Waals surface area contributed by atoms with E-state index in [1.165, 1.54) is 10.8 Å². The van der Waals surface area contributed by atoms with Crippen LogP contribution >= 0.6 is 0 Å². The zero-order chi connectivity index (χ0) is 70.5. The third-order valence-corrected chi connectivity index (χ3v) is 21.7. The molecule has 21 rings (SSSR count). The van der Waals surface area contributed by atoms with E-state index in [-0.39, 0.29) is 0 Å². The maximum absolute atomic E-state index is 7.72. The van der Waals surface area contributed by atoms with Crippen molar-refractivity contribution in [3.8, 4) is 107 Å². The number of furan rings is 1. The van der Waals surface area contributed by atoms with Crippen molar-refractivity contribution >= 4 is 101 Å². The molecule has 0 unspecified atom stereocenters. The van der Waals surface area contributed by atoms with Crippen molar-refractivity contribution in [2.24, 2.45) is 0 Å². The highest BCUT2D eigenvalue weighted by molar-refractivity contribution is 7.00. The fourth-order valence-corrected chi connectivity index (χ4v) is 16.8. The molecule has 2 aliphatic heterocycles. The first-order chi connectivity index (χ1) is 53.1. The molecular formula is C99H63BN6O. The van der Waals surface area contributed by atoms with Crippen LogP contribution in [0.25, 0.3) is 150 Å². The van der Waals surface area contributed by atoms with Crippen molar-refractivity contribution in [3.05, 3.63) is 382 Å². The fraction of sp³-hybridized carbons (Fsp3) is 0. The minimum absolute atomic E-state index is 0.412. The van der Waals surface area contributed by atoms with E-state index in [9.17, 15) is 0 Å². The van der Waals surface area contributed by atoms with Gasteiger partial charge in [0.2, 0.25) is 0 Å². The second-order valence-corrected chi connectivity index (χ2v) is 27.7. The minimum atomic E-state index is -0.412. The fourth-order valence-electron chi connectivity index (χ4n) is 16.8. The first-order valence-corrected chi connectivity index (χ1v) is 36.5. The van der Waals surface area contributed by atoms with Gasteiger partial charge in [0.25, 0.3) is 6.71 Å². The molecule has 0 atom stereocenters. The van der Waals surface area contributed by atoms with E-state index in [4.69, 9.17) is 19.4 Å². The Morgan fingerprint density at radius 3 is 1.14 bits per heavy atom. The first-order valence-electron chi connectivity index (χ1n) is 36.5. The van der Waals surface area contributed by atoms with Crippen LogP contribution in [0.1, 0.15) is 0 Å². The topological polar surface area (TPSA) is 63.2 Å². The molecule has 0 saturated heterocycles. The second kappa shape index (κ2) is 25.3.